The first kappa shape index (κ1) is 26.6. The molecule has 0 fully saturated rings. The van der Waals surface area contributed by atoms with Crippen molar-refractivity contribution in [3.8, 4) is 22.8 Å². The van der Waals surface area contributed by atoms with E-state index in [-0.39, 0.29) is 5.75 Å². The number of nitrogens with one attached hydrogen (secondary N) is 1. The van der Waals surface area contributed by atoms with Gasteiger partial charge in [0.2, 0.25) is 0 Å². The smallest absolute Gasteiger partial charge is 0.148 e. The lowest BCUT2D eigenvalue weighted by molar-refractivity contribution is 0.480. The highest BCUT2D eigenvalue weighted by molar-refractivity contribution is 7.90. The van der Waals surface area contributed by atoms with Crippen LogP contribution in [0.15, 0.2) is 77.6 Å². The van der Waals surface area contributed by atoms with Crippen LogP contribution in [0.3, 0.4) is 0 Å². The van der Waals surface area contributed by atoms with Crippen LogP contribution in [0.1, 0.15) is 11.5 Å². The number of aryl methyl sites for hydroxylation is 1. The Morgan fingerprint density at radius 2 is 1.90 bits per heavy atom. The first-order chi connectivity index (χ1) is 18.6. The third kappa shape index (κ3) is 6.72. The number of rotatable bonds is 9. The minimum absolute atomic E-state index is 0.105. The van der Waals surface area contributed by atoms with Crippen molar-refractivity contribution in [2.75, 3.05) is 17.3 Å². The number of hydrogen-bond donors (Lipinski definition) is 2. The Kier molecular flexibility index (Phi) is 7.51. The van der Waals surface area contributed by atoms with E-state index >= 15 is 0 Å². The van der Waals surface area contributed by atoms with E-state index in [9.17, 15) is 8.42 Å². The van der Waals surface area contributed by atoms with Crippen LogP contribution in [-0.2, 0) is 16.3 Å². The quantitative estimate of drug-likeness (QED) is 0.232. The monoisotopic (exact) mass is 563 g/mol. The van der Waals surface area contributed by atoms with Gasteiger partial charge in [0.15, 0.2) is 0 Å². The molecule has 9 nitrogen and oxygen atoms in total. The maximum absolute atomic E-state index is 11.5. The van der Waals surface area contributed by atoms with Gasteiger partial charge in [0.1, 0.15) is 45.0 Å². The van der Waals surface area contributed by atoms with Gasteiger partial charge in [-0.05, 0) is 67.6 Å². The molecule has 3 heterocycles. The standard InChI is InChI=1S/C28H26ClN5O4S/c1-17-3-6-22(14-31-17)38-27-9-5-20(13-24(27)29)34-28-23-11-18(4-8-25(23)32-16-33-28)26-10-7-21(37-26)12-19(30)15-39(2,35)36/h3-11,13-14,16,19H,12,15,30H2,1-2H3,(H,32,33,34). The number of sulfone groups is 1. The topological polar surface area (TPSA) is 133 Å². The molecule has 5 rings (SSSR count). The van der Waals surface area contributed by atoms with Crippen molar-refractivity contribution in [1.82, 2.24) is 15.0 Å². The van der Waals surface area contributed by atoms with Crippen molar-refractivity contribution in [2.24, 2.45) is 5.73 Å². The molecular formula is C28H26ClN5O4S. The average molecular weight is 564 g/mol. The molecule has 2 aromatic carbocycles. The normalized spacial score (nSPS) is 12.4. The van der Waals surface area contributed by atoms with Crippen molar-refractivity contribution in [2.45, 2.75) is 19.4 Å². The Morgan fingerprint density at radius 3 is 2.64 bits per heavy atom. The molecule has 3 aromatic heterocycles. The van der Waals surface area contributed by atoms with Gasteiger partial charge >= 0.3 is 0 Å². The van der Waals surface area contributed by atoms with Crippen LogP contribution < -0.4 is 15.8 Å². The number of anilines is 2. The minimum Gasteiger partial charge on any atom is -0.461 e. The van der Waals surface area contributed by atoms with Gasteiger partial charge in [0, 0.05) is 41.0 Å². The van der Waals surface area contributed by atoms with Crippen molar-refractivity contribution >= 4 is 43.8 Å². The fourth-order valence-electron chi connectivity index (χ4n) is 4.10. The molecule has 1 unspecified atom stereocenters. The van der Waals surface area contributed by atoms with Crippen LogP contribution in [0.4, 0.5) is 11.5 Å². The number of ether oxygens (including phenoxy) is 1. The summed E-state index contributed by atoms with van der Waals surface area (Å²) in [6.07, 6.45) is 4.62. The highest BCUT2D eigenvalue weighted by Gasteiger charge is 2.15. The van der Waals surface area contributed by atoms with Crippen molar-refractivity contribution in [3.63, 3.8) is 0 Å². The van der Waals surface area contributed by atoms with Crippen LogP contribution in [0, 0.1) is 6.92 Å². The zero-order chi connectivity index (χ0) is 27.6. The van der Waals surface area contributed by atoms with Gasteiger partial charge in [-0.3, -0.25) is 4.98 Å². The van der Waals surface area contributed by atoms with E-state index in [1.54, 1.807) is 24.4 Å². The summed E-state index contributed by atoms with van der Waals surface area (Å²) >= 11 is 6.50. The van der Waals surface area contributed by atoms with Crippen LogP contribution in [0.5, 0.6) is 11.5 Å². The number of aromatic nitrogens is 3. The van der Waals surface area contributed by atoms with Gasteiger partial charge in [-0.1, -0.05) is 11.6 Å². The van der Waals surface area contributed by atoms with E-state index in [4.69, 9.17) is 26.5 Å². The number of furan rings is 1. The largest absolute Gasteiger partial charge is 0.461 e. The van der Waals surface area contributed by atoms with Crippen molar-refractivity contribution in [1.29, 1.82) is 0 Å². The molecule has 200 valence electrons. The summed E-state index contributed by atoms with van der Waals surface area (Å²) in [5.74, 6) is 2.83. The molecule has 0 radical (unpaired) electrons. The molecule has 0 aliphatic carbocycles. The van der Waals surface area contributed by atoms with Gasteiger partial charge in [-0.2, -0.15) is 0 Å². The second kappa shape index (κ2) is 11.0. The van der Waals surface area contributed by atoms with Crippen LogP contribution in [0.25, 0.3) is 22.2 Å². The summed E-state index contributed by atoms with van der Waals surface area (Å²) in [7, 11) is -3.17. The highest BCUT2D eigenvalue weighted by Crippen LogP contribution is 2.34. The fraction of sp³-hybridized carbons (Fsp3) is 0.179. The molecule has 39 heavy (non-hydrogen) atoms. The Hall–Kier alpha value is -3.99. The number of fused-ring (bicyclic) bond motifs is 1. The first-order valence-electron chi connectivity index (χ1n) is 12.1. The molecule has 11 heteroatoms. The molecular weight excluding hydrogens is 538 g/mol. The number of benzene rings is 2. The fourth-order valence-corrected chi connectivity index (χ4v) is 5.21. The molecule has 0 bridgehead atoms. The van der Waals surface area contributed by atoms with E-state index in [0.717, 1.165) is 27.8 Å². The number of hydrogen-bond acceptors (Lipinski definition) is 9. The maximum Gasteiger partial charge on any atom is 0.148 e. The molecule has 3 N–H and O–H groups in total. The lowest BCUT2D eigenvalue weighted by Crippen LogP contribution is -2.31. The number of nitrogens with zero attached hydrogens (tertiary/aromatic N) is 3. The number of pyridine rings is 1. The van der Waals surface area contributed by atoms with Gasteiger partial charge in [0.05, 0.1) is 22.5 Å². The van der Waals surface area contributed by atoms with Gasteiger partial charge < -0.3 is 20.2 Å². The van der Waals surface area contributed by atoms with E-state index in [0.29, 0.717) is 40.3 Å². The third-order valence-corrected chi connectivity index (χ3v) is 7.20. The Balaban J connectivity index is 1.36. The number of halogens is 1. The molecule has 0 saturated heterocycles. The predicted octanol–water partition coefficient (Wildman–Crippen LogP) is 5.70. The summed E-state index contributed by atoms with van der Waals surface area (Å²) in [4.78, 5) is 13.0. The minimum atomic E-state index is -3.17. The lowest BCUT2D eigenvalue weighted by atomic mass is 10.1. The third-order valence-electron chi connectivity index (χ3n) is 5.87. The second-order valence-corrected chi connectivity index (χ2v) is 11.9. The van der Waals surface area contributed by atoms with Gasteiger partial charge in [-0.25, -0.2) is 18.4 Å². The molecule has 0 aliphatic rings. The van der Waals surface area contributed by atoms with E-state index < -0.39 is 15.9 Å². The number of nitrogens with two attached hydrogens (primary N) is 1. The summed E-state index contributed by atoms with van der Waals surface area (Å²) in [5, 5.41) is 4.52. The summed E-state index contributed by atoms with van der Waals surface area (Å²) in [6.45, 7) is 1.91. The first-order valence-corrected chi connectivity index (χ1v) is 14.5. The van der Waals surface area contributed by atoms with Crippen LogP contribution >= 0.6 is 11.6 Å². The summed E-state index contributed by atoms with van der Waals surface area (Å²) in [6, 6.07) is 17.9. The van der Waals surface area contributed by atoms with E-state index in [1.807, 2.05) is 49.4 Å². The SMILES string of the molecule is Cc1ccc(Oc2ccc(Nc3ncnc4ccc(-c5ccc(CC(N)CS(C)(=O)=O)o5)cc34)cc2Cl)cn1. The molecule has 0 amide bonds. The van der Waals surface area contributed by atoms with Gasteiger partial charge in [0.25, 0.3) is 0 Å². The van der Waals surface area contributed by atoms with E-state index in [1.165, 1.54) is 12.6 Å². The van der Waals surface area contributed by atoms with Crippen molar-refractivity contribution < 1.29 is 17.6 Å². The van der Waals surface area contributed by atoms with Crippen molar-refractivity contribution in [3.05, 3.63) is 89.7 Å². The highest BCUT2D eigenvalue weighted by atomic mass is 35.5. The molecule has 1 atom stereocenters. The van der Waals surface area contributed by atoms with Crippen LogP contribution in [-0.4, -0.2) is 41.4 Å². The Labute approximate surface area is 230 Å². The summed E-state index contributed by atoms with van der Waals surface area (Å²) < 4.78 is 34.9. The zero-order valence-electron chi connectivity index (χ0n) is 21.3. The zero-order valence-corrected chi connectivity index (χ0v) is 22.8. The maximum atomic E-state index is 11.5. The summed E-state index contributed by atoms with van der Waals surface area (Å²) in [5.41, 5.74) is 9.17. The lowest BCUT2D eigenvalue weighted by Gasteiger charge is -2.12. The average Bonchev–Trinajstić information content (AvgIpc) is 3.34. The Bertz CT molecular complexity index is 1740. The Morgan fingerprint density at radius 1 is 1.05 bits per heavy atom. The molecule has 0 spiro atoms. The second-order valence-electron chi connectivity index (χ2n) is 9.28. The molecule has 0 aliphatic heterocycles. The molecule has 0 saturated carbocycles. The van der Waals surface area contributed by atoms with Gasteiger partial charge in [-0.15, -0.1) is 0 Å². The predicted molar refractivity (Wildman–Crippen MR) is 152 cm³/mol. The van der Waals surface area contributed by atoms with Crippen LogP contribution in [0.2, 0.25) is 5.02 Å². The van der Waals surface area contributed by atoms with E-state index in [2.05, 4.69) is 20.3 Å². The molecule has 5 aromatic rings.